The van der Waals surface area contributed by atoms with Crippen LogP contribution in [0, 0.1) is 17.0 Å². The zero-order valence-electron chi connectivity index (χ0n) is 13.8. The van der Waals surface area contributed by atoms with Gasteiger partial charge in [0.1, 0.15) is 6.10 Å². The van der Waals surface area contributed by atoms with Crippen LogP contribution in [-0.2, 0) is 0 Å². The van der Waals surface area contributed by atoms with E-state index in [-0.39, 0.29) is 17.7 Å². The van der Waals surface area contributed by atoms with Crippen LogP contribution >= 0.6 is 0 Å². The first-order chi connectivity index (χ1) is 12.0. The van der Waals surface area contributed by atoms with E-state index in [4.69, 9.17) is 4.74 Å². The van der Waals surface area contributed by atoms with Crippen LogP contribution in [0.5, 0.6) is 5.88 Å². The number of carbonyl (C=O) groups excluding carboxylic acids is 1. The summed E-state index contributed by atoms with van der Waals surface area (Å²) in [6, 6.07) is 8.09. The standard InChI is InChI=1S/C17H18N4O4/c1-12-4-5-13(11-15(12)21(23)24)17(22)20-9-6-14(7-10-20)25-16-3-2-8-18-19-16/h2-5,8,11,14H,6-7,9-10H2,1H3. The lowest BCUT2D eigenvalue weighted by Gasteiger charge is -2.31. The Kier molecular flexibility index (Phi) is 4.87. The highest BCUT2D eigenvalue weighted by Crippen LogP contribution is 2.22. The van der Waals surface area contributed by atoms with E-state index in [0.717, 1.165) is 0 Å². The van der Waals surface area contributed by atoms with Crippen molar-refractivity contribution in [1.29, 1.82) is 0 Å². The molecule has 0 aliphatic carbocycles. The minimum absolute atomic E-state index is 0.0203. The van der Waals surface area contributed by atoms with Gasteiger partial charge in [-0.1, -0.05) is 6.07 Å². The fraction of sp³-hybridized carbons (Fsp3) is 0.353. The van der Waals surface area contributed by atoms with E-state index in [1.165, 1.54) is 6.07 Å². The van der Waals surface area contributed by atoms with Gasteiger partial charge in [-0.3, -0.25) is 14.9 Å². The monoisotopic (exact) mass is 342 g/mol. The van der Waals surface area contributed by atoms with Crippen LogP contribution in [0.2, 0.25) is 0 Å². The third-order valence-electron chi connectivity index (χ3n) is 4.22. The lowest BCUT2D eigenvalue weighted by atomic mass is 10.0. The molecule has 0 radical (unpaired) electrons. The molecule has 0 bridgehead atoms. The van der Waals surface area contributed by atoms with Crippen molar-refractivity contribution >= 4 is 11.6 Å². The average Bonchev–Trinajstić information content (AvgIpc) is 2.63. The number of nitrogens with zero attached hydrogens (tertiary/aromatic N) is 4. The second-order valence-electron chi connectivity index (χ2n) is 5.93. The predicted octanol–water partition coefficient (Wildman–Crippen LogP) is 2.38. The maximum absolute atomic E-state index is 12.6. The molecule has 3 rings (SSSR count). The molecule has 2 aromatic rings. The molecule has 1 aromatic carbocycles. The molecule has 2 heterocycles. The van der Waals surface area contributed by atoms with Gasteiger partial charge in [0.05, 0.1) is 4.92 Å². The molecule has 1 aliphatic heterocycles. The number of piperidine rings is 1. The molecule has 130 valence electrons. The van der Waals surface area contributed by atoms with Gasteiger partial charge in [0.15, 0.2) is 0 Å². The first-order valence-electron chi connectivity index (χ1n) is 8.03. The van der Waals surface area contributed by atoms with Crippen molar-refractivity contribution in [3.05, 3.63) is 57.8 Å². The first-order valence-corrected chi connectivity index (χ1v) is 8.03. The van der Waals surface area contributed by atoms with Crippen LogP contribution in [0.3, 0.4) is 0 Å². The van der Waals surface area contributed by atoms with Gasteiger partial charge in [0.25, 0.3) is 11.6 Å². The van der Waals surface area contributed by atoms with Gasteiger partial charge in [0.2, 0.25) is 5.88 Å². The summed E-state index contributed by atoms with van der Waals surface area (Å²) in [6.07, 6.45) is 2.91. The Morgan fingerprint density at radius 2 is 2.08 bits per heavy atom. The molecule has 1 aromatic heterocycles. The summed E-state index contributed by atoms with van der Waals surface area (Å²) in [4.78, 5) is 24.9. The third kappa shape index (κ3) is 3.90. The van der Waals surface area contributed by atoms with E-state index < -0.39 is 4.92 Å². The Balaban J connectivity index is 1.62. The van der Waals surface area contributed by atoms with Gasteiger partial charge < -0.3 is 9.64 Å². The van der Waals surface area contributed by atoms with Gasteiger partial charge in [-0.25, -0.2) is 0 Å². The van der Waals surface area contributed by atoms with Crippen LogP contribution in [0.1, 0.15) is 28.8 Å². The Hall–Kier alpha value is -3.03. The van der Waals surface area contributed by atoms with Crippen molar-refractivity contribution in [2.45, 2.75) is 25.9 Å². The zero-order valence-corrected chi connectivity index (χ0v) is 13.8. The van der Waals surface area contributed by atoms with Crippen molar-refractivity contribution in [3.8, 4) is 5.88 Å². The van der Waals surface area contributed by atoms with Gasteiger partial charge >= 0.3 is 0 Å². The summed E-state index contributed by atoms with van der Waals surface area (Å²) < 4.78 is 5.75. The molecule has 0 unspecified atom stereocenters. The Morgan fingerprint density at radius 3 is 2.72 bits per heavy atom. The minimum Gasteiger partial charge on any atom is -0.473 e. The third-order valence-corrected chi connectivity index (χ3v) is 4.22. The number of nitro groups is 1. The molecule has 1 saturated heterocycles. The molecule has 1 fully saturated rings. The van der Waals surface area contributed by atoms with Crippen molar-refractivity contribution in [3.63, 3.8) is 0 Å². The summed E-state index contributed by atoms with van der Waals surface area (Å²) >= 11 is 0. The van der Waals surface area contributed by atoms with Crippen LogP contribution in [0.25, 0.3) is 0 Å². The molecule has 1 amide bonds. The fourth-order valence-electron chi connectivity index (χ4n) is 2.82. The molecular formula is C17H18N4O4. The lowest BCUT2D eigenvalue weighted by molar-refractivity contribution is -0.385. The van der Waals surface area contributed by atoms with Crippen LogP contribution in [-0.4, -0.2) is 45.1 Å². The average molecular weight is 342 g/mol. The molecule has 0 saturated carbocycles. The number of nitro benzene ring substituents is 1. The maximum atomic E-state index is 12.6. The van der Waals surface area contributed by atoms with Crippen molar-refractivity contribution in [2.75, 3.05) is 13.1 Å². The SMILES string of the molecule is Cc1ccc(C(=O)N2CCC(Oc3cccnn3)CC2)cc1[N+](=O)[O-]. The van der Waals surface area contributed by atoms with Crippen LogP contribution in [0.4, 0.5) is 5.69 Å². The maximum Gasteiger partial charge on any atom is 0.273 e. The number of ether oxygens (including phenoxy) is 1. The number of hydrogen-bond donors (Lipinski definition) is 0. The summed E-state index contributed by atoms with van der Waals surface area (Å²) in [5, 5.41) is 18.7. The fourth-order valence-corrected chi connectivity index (χ4v) is 2.82. The molecule has 0 spiro atoms. The van der Waals surface area contributed by atoms with Crippen molar-refractivity contribution < 1.29 is 14.5 Å². The number of aromatic nitrogens is 2. The second-order valence-corrected chi connectivity index (χ2v) is 5.93. The Morgan fingerprint density at radius 1 is 1.32 bits per heavy atom. The topological polar surface area (TPSA) is 98.5 Å². The Labute approximate surface area is 144 Å². The highest BCUT2D eigenvalue weighted by atomic mass is 16.6. The van der Waals surface area contributed by atoms with Gasteiger partial charge in [0, 0.05) is 55.4 Å². The number of aryl methyl sites for hydroxylation is 1. The second kappa shape index (κ2) is 7.25. The molecule has 0 atom stereocenters. The number of likely N-dealkylation sites (tertiary alicyclic amines) is 1. The predicted molar refractivity (Wildman–Crippen MR) is 89.4 cm³/mol. The summed E-state index contributed by atoms with van der Waals surface area (Å²) in [7, 11) is 0. The number of carbonyl (C=O) groups is 1. The van der Waals surface area contributed by atoms with E-state index >= 15 is 0 Å². The number of rotatable bonds is 4. The van der Waals surface area contributed by atoms with Crippen molar-refractivity contribution in [1.82, 2.24) is 15.1 Å². The molecule has 8 heteroatoms. The highest BCUT2D eigenvalue weighted by Gasteiger charge is 2.26. The van der Waals surface area contributed by atoms with E-state index in [0.29, 0.717) is 42.9 Å². The smallest absolute Gasteiger partial charge is 0.273 e. The Bertz CT molecular complexity index is 773. The molecular weight excluding hydrogens is 324 g/mol. The molecule has 25 heavy (non-hydrogen) atoms. The highest BCUT2D eigenvalue weighted by molar-refractivity contribution is 5.95. The van der Waals surface area contributed by atoms with Gasteiger partial charge in [-0.2, -0.15) is 5.10 Å². The van der Waals surface area contributed by atoms with E-state index in [9.17, 15) is 14.9 Å². The number of hydrogen-bond acceptors (Lipinski definition) is 6. The lowest BCUT2D eigenvalue weighted by Crippen LogP contribution is -2.41. The molecule has 0 N–H and O–H groups in total. The zero-order chi connectivity index (χ0) is 17.8. The number of benzene rings is 1. The summed E-state index contributed by atoms with van der Waals surface area (Å²) in [6.45, 7) is 2.72. The van der Waals surface area contributed by atoms with E-state index in [1.54, 1.807) is 42.3 Å². The quantitative estimate of drug-likeness (QED) is 0.625. The van der Waals surface area contributed by atoms with Gasteiger partial charge in [-0.15, -0.1) is 5.10 Å². The normalized spacial score (nSPS) is 15.0. The largest absolute Gasteiger partial charge is 0.473 e. The van der Waals surface area contributed by atoms with E-state index in [1.807, 2.05) is 0 Å². The first kappa shape index (κ1) is 16.8. The summed E-state index contributed by atoms with van der Waals surface area (Å²) in [5.41, 5.74) is 0.843. The van der Waals surface area contributed by atoms with Crippen molar-refractivity contribution in [2.24, 2.45) is 0 Å². The molecule has 1 aliphatic rings. The molecule has 8 nitrogen and oxygen atoms in total. The summed E-state index contributed by atoms with van der Waals surface area (Å²) in [5.74, 6) is 0.280. The van der Waals surface area contributed by atoms with Gasteiger partial charge in [-0.05, 0) is 19.1 Å². The minimum atomic E-state index is -0.465. The van der Waals surface area contributed by atoms with Crippen LogP contribution in [0.15, 0.2) is 36.5 Å². The number of amides is 1. The van der Waals surface area contributed by atoms with Crippen LogP contribution < -0.4 is 4.74 Å². The van der Waals surface area contributed by atoms with E-state index in [2.05, 4.69) is 10.2 Å².